The molecule has 0 saturated heterocycles. The Morgan fingerprint density at radius 1 is 0.933 bits per heavy atom. The molecule has 2 rings (SSSR count). The number of carbonyl (C=O) groups is 2. The quantitative estimate of drug-likeness (QED) is 0.436. The number of ether oxygens (including phenoxy) is 1. The summed E-state index contributed by atoms with van der Waals surface area (Å²) in [5.41, 5.74) is 1.91. The van der Waals surface area contributed by atoms with Crippen molar-refractivity contribution >= 4 is 11.9 Å². The molecule has 2 aromatic carbocycles. The van der Waals surface area contributed by atoms with Crippen LogP contribution >= 0.6 is 0 Å². The van der Waals surface area contributed by atoms with Gasteiger partial charge in [-0.15, -0.1) is 0 Å². The molecule has 0 atom stereocenters. The number of hydrogen-bond donors (Lipinski definition) is 1. The van der Waals surface area contributed by atoms with Crippen LogP contribution in [0.25, 0.3) is 0 Å². The monoisotopic (exact) mass is 436 g/mol. The molecular formula is C24H29KO5. The molecule has 0 aliphatic carbocycles. The molecule has 156 valence electrons. The minimum atomic E-state index is -1.28. The van der Waals surface area contributed by atoms with Gasteiger partial charge in [0.25, 0.3) is 0 Å². The van der Waals surface area contributed by atoms with E-state index in [2.05, 4.69) is 0 Å². The molecular weight excluding hydrogens is 407 g/mol. The van der Waals surface area contributed by atoms with E-state index in [1.54, 1.807) is 12.1 Å². The maximum absolute atomic E-state index is 12.9. The minimum Gasteiger partial charge on any atom is -0.545 e. The van der Waals surface area contributed by atoms with Crippen LogP contribution < -0.4 is 61.2 Å². The Balaban J connectivity index is 0.00000450. The zero-order chi connectivity index (χ0) is 22.1. The molecule has 0 unspecified atom stereocenters. The summed E-state index contributed by atoms with van der Waals surface area (Å²) in [5, 5.41) is 21.8. The number of esters is 1. The van der Waals surface area contributed by atoms with Crippen molar-refractivity contribution in [3.63, 3.8) is 0 Å². The number of carboxylic acids is 1. The maximum atomic E-state index is 12.9. The zero-order valence-corrected chi connectivity index (χ0v) is 22.2. The maximum Gasteiger partial charge on any atom is 1.00 e. The van der Waals surface area contributed by atoms with Crippen LogP contribution in [-0.2, 0) is 5.41 Å². The molecule has 0 aromatic heterocycles. The molecule has 0 aliphatic heterocycles. The minimum absolute atomic E-state index is 0. The van der Waals surface area contributed by atoms with Crippen LogP contribution in [0.3, 0.4) is 0 Å². The Bertz CT molecular complexity index is 910. The molecule has 0 radical (unpaired) electrons. The average Bonchev–Trinajstić information content (AvgIpc) is 2.60. The number of carboxylic acid groups (broad SMARTS) is 1. The standard InChI is InChI=1S/C24H30O5.K/c1-13(2)17-10-16(11-18(14(3)4)21(17)25)23(28)29-20-9-8-15(22(26)27)12-19(20)24(5,6)7;/h8-14,25H,1-7H3,(H,26,27);/q;+1/p-1. The van der Waals surface area contributed by atoms with Gasteiger partial charge in [0, 0.05) is 5.56 Å². The summed E-state index contributed by atoms with van der Waals surface area (Å²) < 4.78 is 5.67. The van der Waals surface area contributed by atoms with Gasteiger partial charge < -0.3 is 19.7 Å². The first kappa shape index (κ1) is 26.9. The molecule has 5 nitrogen and oxygen atoms in total. The first-order valence-corrected chi connectivity index (χ1v) is 9.77. The van der Waals surface area contributed by atoms with Crippen molar-refractivity contribution in [2.24, 2.45) is 0 Å². The van der Waals surface area contributed by atoms with Crippen LogP contribution in [-0.4, -0.2) is 17.0 Å². The van der Waals surface area contributed by atoms with Gasteiger partial charge in [0.2, 0.25) is 0 Å². The van der Waals surface area contributed by atoms with Gasteiger partial charge in [-0.2, -0.15) is 0 Å². The van der Waals surface area contributed by atoms with E-state index in [1.807, 2.05) is 48.5 Å². The summed E-state index contributed by atoms with van der Waals surface area (Å²) in [6.45, 7) is 13.5. The fourth-order valence-corrected chi connectivity index (χ4v) is 3.17. The molecule has 2 aromatic rings. The first-order valence-electron chi connectivity index (χ1n) is 9.77. The summed E-state index contributed by atoms with van der Waals surface area (Å²) >= 11 is 0. The van der Waals surface area contributed by atoms with Gasteiger partial charge >= 0.3 is 57.4 Å². The number of aromatic carboxylic acids is 1. The van der Waals surface area contributed by atoms with E-state index >= 15 is 0 Å². The predicted octanol–water partition coefficient (Wildman–Crippen LogP) is 1.52. The topological polar surface area (TPSA) is 86.7 Å². The van der Waals surface area contributed by atoms with Gasteiger partial charge in [-0.25, -0.2) is 4.79 Å². The Hall–Kier alpha value is -1.18. The van der Waals surface area contributed by atoms with Gasteiger partial charge in [0.05, 0.1) is 11.5 Å². The smallest absolute Gasteiger partial charge is 0.545 e. The van der Waals surface area contributed by atoms with E-state index in [0.29, 0.717) is 28.0 Å². The molecule has 0 fully saturated rings. The number of aromatic hydroxyl groups is 1. The summed E-state index contributed by atoms with van der Waals surface area (Å²) in [5.74, 6) is -1.26. The second-order valence-electron chi connectivity index (χ2n) is 8.95. The summed E-state index contributed by atoms with van der Waals surface area (Å²) in [6.07, 6.45) is 0. The van der Waals surface area contributed by atoms with Crippen LogP contribution in [0.1, 0.15) is 97.7 Å². The van der Waals surface area contributed by atoms with Crippen molar-refractivity contribution in [1.82, 2.24) is 0 Å². The van der Waals surface area contributed by atoms with Gasteiger partial charge in [-0.05, 0) is 64.3 Å². The molecule has 0 aliphatic rings. The van der Waals surface area contributed by atoms with Gasteiger partial charge in [-0.1, -0.05) is 48.5 Å². The number of carbonyl (C=O) groups excluding carboxylic acids is 2. The Morgan fingerprint density at radius 3 is 1.83 bits per heavy atom. The molecule has 30 heavy (non-hydrogen) atoms. The average molecular weight is 437 g/mol. The predicted molar refractivity (Wildman–Crippen MR) is 111 cm³/mol. The van der Waals surface area contributed by atoms with Crippen molar-refractivity contribution in [2.75, 3.05) is 0 Å². The van der Waals surface area contributed by atoms with Crippen LogP contribution in [0.15, 0.2) is 30.3 Å². The number of phenols is 1. The first-order chi connectivity index (χ1) is 13.3. The summed E-state index contributed by atoms with van der Waals surface area (Å²) in [7, 11) is 0. The fraction of sp³-hybridized carbons (Fsp3) is 0.417. The third kappa shape index (κ3) is 6.17. The molecule has 0 saturated carbocycles. The molecule has 1 N–H and O–H groups in total. The number of benzene rings is 2. The third-order valence-corrected chi connectivity index (χ3v) is 4.87. The van der Waals surface area contributed by atoms with Gasteiger partial charge in [0.1, 0.15) is 11.5 Å². The van der Waals surface area contributed by atoms with Crippen LogP contribution in [0.2, 0.25) is 0 Å². The molecule has 0 amide bonds. The third-order valence-electron chi connectivity index (χ3n) is 4.87. The van der Waals surface area contributed by atoms with E-state index in [0.717, 1.165) is 0 Å². The Labute approximate surface area is 221 Å². The van der Waals surface area contributed by atoms with E-state index in [-0.39, 0.29) is 74.5 Å². The number of hydrogen-bond acceptors (Lipinski definition) is 5. The zero-order valence-electron chi connectivity index (χ0n) is 19.1. The largest absolute Gasteiger partial charge is 1.00 e. The number of phenolic OH excluding ortho intramolecular Hbond substituents is 1. The Morgan fingerprint density at radius 2 is 1.43 bits per heavy atom. The second kappa shape index (κ2) is 10.4. The van der Waals surface area contributed by atoms with Crippen molar-refractivity contribution < 1.29 is 75.9 Å². The van der Waals surface area contributed by atoms with Crippen molar-refractivity contribution in [1.29, 1.82) is 0 Å². The molecule has 6 heteroatoms. The van der Waals surface area contributed by atoms with Crippen molar-refractivity contribution in [3.8, 4) is 11.5 Å². The van der Waals surface area contributed by atoms with Crippen molar-refractivity contribution in [3.05, 3.63) is 58.1 Å². The van der Waals surface area contributed by atoms with E-state index < -0.39 is 17.4 Å². The normalized spacial score (nSPS) is 11.4. The fourth-order valence-electron chi connectivity index (χ4n) is 3.17. The van der Waals surface area contributed by atoms with Gasteiger partial charge in [0.15, 0.2) is 0 Å². The molecule has 0 heterocycles. The van der Waals surface area contributed by atoms with Crippen LogP contribution in [0.4, 0.5) is 0 Å². The molecule has 0 bridgehead atoms. The van der Waals surface area contributed by atoms with Crippen molar-refractivity contribution in [2.45, 2.75) is 65.7 Å². The van der Waals surface area contributed by atoms with E-state index in [4.69, 9.17) is 4.74 Å². The second-order valence-corrected chi connectivity index (χ2v) is 8.95. The summed E-state index contributed by atoms with van der Waals surface area (Å²) in [6, 6.07) is 7.63. The van der Waals surface area contributed by atoms with E-state index in [9.17, 15) is 19.8 Å². The van der Waals surface area contributed by atoms with Gasteiger partial charge in [-0.3, -0.25) is 0 Å². The van der Waals surface area contributed by atoms with Crippen LogP contribution in [0, 0.1) is 0 Å². The SMILES string of the molecule is CC(C)c1cc(C(=O)Oc2ccc(C(=O)[O-])cc2C(C)(C)C)cc(C(C)C)c1O.[K+]. The number of rotatable bonds is 5. The summed E-state index contributed by atoms with van der Waals surface area (Å²) in [4.78, 5) is 24.2. The molecule has 0 spiro atoms. The van der Waals surface area contributed by atoms with E-state index in [1.165, 1.54) is 18.2 Å². The van der Waals surface area contributed by atoms with Crippen LogP contribution in [0.5, 0.6) is 11.5 Å². The Kier molecular flexibility index (Phi) is 9.33.